The van der Waals surface area contributed by atoms with E-state index in [2.05, 4.69) is 10.3 Å². The van der Waals surface area contributed by atoms with Crippen molar-refractivity contribution in [1.29, 1.82) is 0 Å². The first kappa shape index (κ1) is 15.0. The lowest BCUT2D eigenvalue weighted by atomic mass is 10.2. The fraction of sp³-hybridized carbons (Fsp3) is 0.583. The van der Waals surface area contributed by atoms with E-state index in [4.69, 9.17) is 10.5 Å². The van der Waals surface area contributed by atoms with Crippen LogP contribution in [0.1, 0.15) is 39.4 Å². The van der Waals surface area contributed by atoms with Crippen molar-refractivity contribution in [1.82, 2.24) is 14.9 Å². The number of nitrogens with zero attached hydrogens (tertiary/aromatic N) is 2. The Morgan fingerprint density at radius 2 is 2.16 bits per heavy atom. The summed E-state index contributed by atoms with van der Waals surface area (Å²) in [6.45, 7) is 7.16. The standard InChI is InChI=1S/C12H20N4O3/c1-8(15-11(18)19-12(2,3)4)9-5-14-7-16(9)6-10(13)17/h5,7-8H,6H2,1-4H3,(H2,13,17)(H,15,18)/t8-/m0/s1. The third-order valence-corrected chi connectivity index (χ3v) is 2.25. The molecule has 19 heavy (non-hydrogen) atoms. The second-order valence-electron chi connectivity index (χ2n) is 5.28. The van der Waals surface area contributed by atoms with Crippen LogP contribution in [-0.2, 0) is 16.1 Å². The van der Waals surface area contributed by atoms with Crippen LogP contribution in [0.25, 0.3) is 0 Å². The molecular formula is C12H20N4O3. The minimum Gasteiger partial charge on any atom is -0.444 e. The largest absolute Gasteiger partial charge is 0.444 e. The van der Waals surface area contributed by atoms with Gasteiger partial charge in [0.25, 0.3) is 0 Å². The highest BCUT2D eigenvalue weighted by Gasteiger charge is 2.20. The first-order valence-corrected chi connectivity index (χ1v) is 5.97. The van der Waals surface area contributed by atoms with Gasteiger partial charge in [-0.2, -0.15) is 0 Å². The van der Waals surface area contributed by atoms with Gasteiger partial charge in [-0.05, 0) is 27.7 Å². The van der Waals surface area contributed by atoms with Crippen molar-refractivity contribution in [2.24, 2.45) is 5.73 Å². The molecule has 106 valence electrons. The highest BCUT2D eigenvalue weighted by Crippen LogP contribution is 2.13. The lowest BCUT2D eigenvalue weighted by Crippen LogP contribution is -2.35. The van der Waals surface area contributed by atoms with Gasteiger partial charge in [0.1, 0.15) is 12.1 Å². The Bertz CT molecular complexity index is 462. The van der Waals surface area contributed by atoms with Crippen molar-refractivity contribution in [3.05, 3.63) is 18.2 Å². The maximum absolute atomic E-state index is 11.6. The van der Waals surface area contributed by atoms with Gasteiger partial charge in [0.2, 0.25) is 5.91 Å². The second kappa shape index (κ2) is 5.73. The summed E-state index contributed by atoms with van der Waals surface area (Å²) in [4.78, 5) is 26.5. The third kappa shape index (κ3) is 4.99. The fourth-order valence-electron chi connectivity index (χ4n) is 1.55. The summed E-state index contributed by atoms with van der Waals surface area (Å²) in [5.74, 6) is -0.469. The van der Waals surface area contributed by atoms with E-state index in [1.165, 1.54) is 6.33 Å². The maximum atomic E-state index is 11.6. The number of rotatable bonds is 4. The summed E-state index contributed by atoms with van der Waals surface area (Å²) in [6, 6.07) is -0.336. The predicted molar refractivity (Wildman–Crippen MR) is 69.2 cm³/mol. The molecule has 0 aliphatic heterocycles. The molecule has 0 fully saturated rings. The molecule has 1 rings (SSSR count). The predicted octanol–water partition coefficient (Wildman–Crippen LogP) is 0.954. The van der Waals surface area contributed by atoms with E-state index in [1.54, 1.807) is 38.5 Å². The number of primary amides is 1. The number of amides is 2. The Kier molecular flexibility index (Phi) is 4.52. The first-order chi connectivity index (χ1) is 8.69. The van der Waals surface area contributed by atoms with Crippen LogP contribution in [0.3, 0.4) is 0 Å². The van der Waals surface area contributed by atoms with Crippen LogP contribution in [0, 0.1) is 0 Å². The van der Waals surface area contributed by atoms with Crippen molar-refractivity contribution in [3.8, 4) is 0 Å². The monoisotopic (exact) mass is 268 g/mol. The van der Waals surface area contributed by atoms with E-state index in [0.717, 1.165) is 0 Å². The molecule has 0 aliphatic rings. The molecule has 0 unspecified atom stereocenters. The van der Waals surface area contributed by atoms with Crippen molar-refractivity contribution >= 4 is 12.0 Å². The molecule has 0 saturated carbocycles. The number of carbonyl (C=O) groups excluding carboxylic acids is 2. The van der Waals surface area contributed by atoms with E-state index < -0.39 is 17.6 Å². The molecule has 0 aliphatic carbocycles. The van der Waals surface area contributed by atoms with E-state index >= 15 is 0 Å². The van der Waals surface area contributed by atoms with Gasteiger partial charge in [0.05, 0.1) is 24.3 Å². The summed E-state index contributed by atoms with van der Waals surface area (Å²) in [7, 11) is 0. The molecule has 7 nitrogen and oxygen atoms in total. The number of hydrogen-bond acceptors (Lipinski definition) is 4. The summed E-state index contributed by atoms with van der Waals surface area (Å²) in [5.41, 5.74) is 5.26. The number of aromatic nitrogens is 2. The van der Waals surface area contributed by atoms with E-state index in [-0.39, 0.29) is 12.6 Å². The zero-order valence-corrected chi connectivity index (χ0v) is 11.6. The molecule has 0 saturated heterocycles. The molecular weight excluding hydrogens is 248 g/mol. The van der Waals surface area contributed by atoms with Crippen LogP contribution in [0.15, 0.2) is 12.5 Å². The number of hydrogen-bond donors (Lipinski definition) is 2. The van der Waals surface area contributed by atoms with Crippen LogP contribution in [-0.4, -0.2) is 27.2 Å². The summed E-state index contributed by atoms with van der Waals surface area (Å²) in [5, 5.41) is 2.68. The Morgan fingerprint density at radius 3 is 2.68 bits per heavy atom. The molecule has 7 heteroatoms. The first-order valence-electron chi connectivity index (χ1n) is 5.97. The van der Waals surface area contributed by atoms with E-state index in [9.17, 15) is 9.59 Å². The molecule has 0 bridgehead atoms. The Morgan fingerprint density at radius 1 is 1.53 bits per heavy atom. The molecule has 1 aromatic rings. The number of alkyl carbamates (subject to hydrolysis) is 1. The van der Waals surface area contributed by atoms with Gasteiger partial charge < -0.3 is 20.4 Å². The van der Waals surface area contributed by atoms with Crippen LogP contribution >= 0.6 is 0 Å². The van der Waals surface area contributed by atoms with Gasteiger partial charge in [0, 0.05) is 0 Å². The Labute approximate surface area is 112 Å². The van der Waals surface area contributed by atoms with Gasteiger partial charge in [-0.15, -0.1) is 0 Å². The SMILES string of the molecule is C[C@H](NC(=O)OC(C)(C)C)c1cncn1CC(N)=O. The van der Waals surface area contributed by atoms with Crippen molar-refractivity contribution < 1.29 is 14.3 Å². The van der Waals surface area contributed by atoms with Crippen LogP contribution in [0.5, 0.6) is 0 Å². The zero-order valence-electron chi connectivity index (χ0n) is 11.6. The molecule has 1 atom stereocenters. The smallest absolute Gasteiger partial charge is 0.408 e. The minimum absolute atomic E-state index is 0.0235. The average molecular weight is 268 g/mol. The van der Waals surface area contributed by atoms with Crippen LogP contribution in [0.4, 0.5) is 4.79 Å². The van der Waals surface area contributed by atoms with Gasteiger partial charge in [-0.25, -0.2) is 9.78 Å². The quantitative estimate of drug-likeness (QED) is 0.849. The number of ether oxygens (including phenoxy) is 1. The zero-order chi connectivity index (χ0) is 14.6. The van der Waals surface area contributed by atoms with E-state index in [1.807, 2.05) is 0 Å². The molecule has 0 spiro atoms. The molecule has 2 amide bonds. The van der Waals surface area contributed by atoms with Crippen molar-refractivity contribution in [2.75, 3.05) is 0 Å². The molecule has 0 radical (unpaired) electrons. The number of imidazole rings is 1. The second-order valence-corrected chi connectivity index (χ2v) is 5.28. The van der Waals surface area contributed by atoms with Gasteiger partial charge in [-0.3, -0.25) is 4.79 Å². The summed E-state index contributed by atoms with van der Waals surface area (Å²) >= 11 is 0. The lowest BCUT2D eigenvalue weighted by molar-refractivity contribution is -0.118. The third-order valence-electron chi connectivity index (χ3n) is 2.25. The topological polar surface area (TPSA) is 99.2 Å². The fourth-order valence-corrected chi connectivity index (χ4v) is 1.55. The number of carbonyl (C=O) groups is 2. The van der Waals surface area contributed by atoms with E-state index in [0.29, 0.717) is 5.69 Å². The van der Waals surface area contributed by atoms with Gasteiger partial charge >= 0.3 is 6.09 Å². The maximum Gasteiger partial charge on any atom is 0.408 e. The van der Waals surface area contributed by atoms with Crippen molar-refractivity contribution in [2.45, 2.75) is 45.9 Å². The average Bonchev–Trinajstić information content (AvgIpc) is 2.61. The van der Waals surface area contributed by atoms with Gasteiger partial charge in [0.15, 0.2) is 0 Å². The highest BCUT2D eigenvalue weighted by atomic mass is 16.6. The molecule has 1 heterocycles. The summed E-state index contributed by atoms with van der Waals surface area (Å²) in [6.07, 6.45) is 2.55. The van der Waals surface area contributed by atoms with Crippen LogP contribution in [0.2, 0.25) is 0 Å². The van der Waals surface area contributed by atoms with Crippen molar-refractivity contribution in [3.63, 3.8) is 0 Å². The lowest BCUT2D eigenvalue weighted by Gasteiger charge is -2.22. The van der Waals surface area contributed by atoms with Gasteiger partial charge in [-0.1, -0.05) is 0 Å². The number of nitrogens with two attached hydrogens (primary N) is 1. The molecule has 3 N–H and O–H groups in total. The number of nitrogens with one attached hydrogen (secondary N) is 1. The Balaban J connectivity index is 2.68. The molecule has 1 aromatic heterocycles. The summed E-state index contributed by atoms with van der Waals surface area (Å²) < 4.78 is 6.74. The van der Waals surface area contributed by atoms with Crippen LogP contribution < -0.4 is 11.1 Å². The Hall–Kier alpha value is -2.05. The highest BCUT2D eigenvalue weighted by molar-refractivity contribution is 5.73. The molecule has 0 aromatic carbocycles. The normalized spacial score (nSPS) is 12.8. The minimum atomic E-state index is -0.558.